The van der Waals surface area contributed by atoms with Crippen molar-refractivity contribution < 1.29 is 14.5 Å². The lowest BCUT2D eigenvalue weighted by atomic mass is 10.1. The molecule has 1 aromatic carbocycles. The van der Waals surface area contributed by atoms with Gasteiger partial charge in [0.2, 0.25) is 5.91 Å². The number of nitro groups is 1. The number of nitrogens with zero attached hydrogens (tertiary/aromatic N) is 1. The molecule has 0 aliphatic carbocycles. The number of nitro benzene ring substituents is 1. The third kappa shape index (κ3) is 3.72. The highest BCUT2D eigenvalue weighted by molar-refractivity contribution is 5.75. The van der Waals surface area contributed by atoms with Crippen LogP contribution in [0.5, 0.6) is 5.75 Å². The summed E-state index contributed by atoms with van der Waals surface area (Å²) >= 11 is 0. The van der Waals surface area contributed by atoms with E-state index in [-0.39, 0.29) is 18.8 Å². The molecule has 1 amide bonds. The smallest absolute Gasteiger partial charge is 0.270 e. The maximum atomic E-state index is 10.6. The van der Waals surface area contributed by atoms with Crippen LogP contribution in [0.25, 0.3) is 0 Å². The number of hydrogen-bond donors (Lipinski definition) is 2. The van der Waals surface area contributed by atoms with Gasteiger partial charge >= 0.3 is 0 Å². The van der Waals surface area contributed by atoms with Crippen LogP contribution >= 0.6 is 0 Å². The van der Waals surface area contributed by atoms with E-state index in [0.29, 0.717) is 11.3 Å². The normalized spacial score (nSPS) is 9.94. The Labute approximate surface area is 97.7 Å². The molecule has 0 atom stereocenters. The van der Waals surface area contributed by atoms with E-state index in [1.165, 1.54) is 25.3 Å². The van der Waals surface area contributed by atoms with Gasteiger partial charge in [-0.25, -0.2) is 0 Å². The molecule has 7 heteroatoms. The quantitative estimate of drug-likeness (QED) is 0.543. The number of ether oxygens (including phenoxy) is 1. The molecule has 0 unspecified atom stereocenters. The molecule has 0 heterocycles. The highest BCUT2D eigenvalue weighted by Gasteiger charge is 2.11. The number of methoxy groups -OCH3 is 1. The van der Waals surface area contributed by atoms with Crippen LogP contribution in [0.15, 0.2) is 18.2 Å². The monoisotopic (exact) mass is 239 g/mol. The molecule has 1 aromatic rings. The molecule has 0 fully saturated rings. The van der Waals surface area contributed by atoms with Gasteiger partial charge in [0.05, 0.1) is 18.6 Å². The Hall–Kier alpha value is -2.15. The van der Waals surface area contributed by atoms with E-state index in [1.807, 2.05) is 0 Å². The highest BCUT2D eigenvalue weighted by Crippen LogP contribution is 2.23. The van der Waals surface area contributed by atoms with Gasteiger partial charge in [0, 0.05) is 24.2 Å². The van der Waals surface area contributed by atoms with Crippen LogP contribution in [-0.2, 0) is 11.3 Å². The van der Waals surface area contributed by atoms with Gasteiger partial charge in [0.25, 0.3) is 5.69 Å². The van der Waals surface area contributed by atoms with Crippen molar-refractivity contribution in [3.8, 4) is 5.75 Å². The van der Waals surface area contributed by atoms with Gasteiger partial charge in [0.15, 0.2) is 0 Å². The molecule has 0 saturated heterocycles. The topological polar surface area (TPSA) is 107 Å². The second-order valence-electron chi connectivity index (χ2n) is 3.32. The second kappa shape index (κ2) is 5.80. The molecular weight excluding hydrogens is 226 g/mol. The van der Waals surface area contributed by atoms with Gasteiger partial charge in [-0.15, -0.1) is 0 Å². The van der Waals surface area contributed by atoms with Crippen LogP contribution in [0.4, 0.5) is 5.69 Å². The molecule has 0 spiro atoms. The van der Waals surface area contributed by atoms with Crippen molar-refractivity contribution in [3.63, 3.8) is 0 Å². The van der Waals surface area contributed by atoms with E-state index in [9.17, 15) is 14.9 Å². The lowest BCUT2D eigenvalue weighted by molar-refractivity contribution is -0.384. The maximum absolute atomic E-state index is 10.6. The minimum atomic E-state index is -0.491. The van der Waals surface area contributed by atoms with Crippen LogP contribution in [0.1, 0.15) is 5.56 Å². The Morgan fingerprint density at radius 1 is 1.59 bits per heavy atom. The van der Waals surface area contributed by atoms with Crippen LogP contribution in [0.3, 0.4) is 0 Å². The van der Waals surface area contributed by atoms with Crippen molar-refractivity contribution in [1.82, 2.24) is 5.32 Å². The number of carbonyl (C=O) groups excluding carboxylic acids is 1. The standard InChI is InChI=1S/C10H13N3O4/c1-17-9-3-2-8(13(15)16)4-7(9)5-12-6-10(11)14/h2-4,12H,5-6H2,1H3,(H2,11,14). The number of non-ortho nitro benzene ring substituents is 1. The van der Waals surface area contributed by atoms with Crippen molar-refractivity contribution in [2.45, 2.75) is 6.54 Å². The third-order valence-corrected chi connectivity index (χ3v) is 2.09. The fourth-order valence-electron chi connectivity index (χ4n) is 1.34. The van der Waals surface area contributed by atoms with E-state index in [4.69, 9.17) is 10.5 Å². The Morgan fingerprint density at radius 2 is 2.29 bits per heavy atom. The minimum Gasteiger partial charge on any atom is -0.496 e. The molecule has 0 aromatic heterocycles. The van der Waals surface area contributed by atoms with Gasteiger partial charge in [-0.3, -0.25) is 14.9 Å². The number of rotatable bonds is 6. The van der Waals surface area contributed by atoms with Crippen LogP contribution in [-0.4, -0.2) is 24.5 Å². The summed E-state index contributed by atoms with van der Waals surface area (Å²) in [6, 6.07) is 4.27. The first-order valence-electron chi connectivity index (χ1n) is 4.85. The molecule has 0 bridgehead atoms. The van der Waals surface area contributed by atoms with E-state index in [1.54, 1.807) is 0 Å². The number of nitrogens with one attached hydrogen (secondary N) is 1. The Balaban J connectivity index is 2.82. The molecule has 0 aliphatic heterocycles. The number of benzene rings is 1. The Bertz CT molecular complexity index is 434. The second-order valence-corrected chi connectivity index (χ2v) is 3.32. The molecular formula is C10H13N3O4. The molecule has 0 aliphatic rings. The molecule has 7 nitrogen and oxygen atoms in total. The summed E-state index contributed by atoms with van der Waals surface area (Å²) in [6.45, 7) is 0.277. The van der Waals surface area contributed by atoms with E-state index < -0.39 is 10.8 Å². The van der Waals surface area contributed by atoms with Crippen LogP contribution in [0, 0.1) is 10.1 Å². The van der Waals surface area contributed by atoms with Crippen LogP contribution in [0.2, 0.25) is 0 Å². The number of hydrogen-bond acceptors (Lipinski definition) is 5. The van der Waals surface area contributed by atoms with Crippen molar-refractivity contribution in [3.05, 3.63) is 33.9 Å². The average Bonchev–Trinajstić information content (AvgIpc) is 2.28. The van der Waals surface area contributed by atoms with Crippen LogP contribution < -0.4 is 15.8 Å². The zero-order valence-corrected chi connectivity index (χ0v) is 9.30. The summed E-state index contributed by atoms with van der Waals surface area (Å²) < 4.78 is 5.06. The van der Waals surface area contributed by atoms with E-state index >= 15 is 0 Å². The summed E-state index contributed by atoms with van der Waals surface area (Å²) in [6.07, 6.45) is 0. The van der Waals surface area contributed by atoms with Crippen molar-refractivity contribution in [1.29, 1.82) is 0 Å². The van der Waals surface area contributed by atoms with E-state index in [2.05, 4.69) is 5.32 Å². The van der Waals surface area contributed by atoms with Crippen molar-refractivity contribution in [2.75, 3.05) is 13.7 Å². The SMILES string of the molecule is COc1ccc([N+](=O)[O-])cc1CNCC(N)=O. The summed E-state index contributed by atoms with van der Waals surface area (Å²) in [7, 11) is 1.47. The van der Waals surface area contributed by atoms with Gasteiger partial charge in [-0.05, 0) is 6.07 Å². The number of carbonyl (C=O) groups is 1. The molecule has 3 N–H and O–H groups in total. The summed E-state index contributed by atoms with van der Waals surface area (Å²) in [4.78, 5) is 20.7. The average molecular weight is 239 g/mol. The fourth-order valence-corrected chi connectivity index (χ4v) is 1.34. The summed E-state index contributed by atoms with van der Waals surface area (Å²) in [5, 5.41) is 13.4. The molecule has 0 radical (unpaired) electrons. The number of nitrogens with two attached hydrogens (primary N) is 1. The lowest BCUT2D eigenvalue weighted by Crippen LogP contribution is -2.28. The van der Waals surface area contributed by atoms with Gasteiger partial charge in [0.1, 0.15) is 5.75 Å². The maximum Gasteiger partial charge on any atom is 0.270 e. The van der Waals surface area contributed by atoms with Gasteiger partial charge in [-0.2, -0.15) is 0 Å². The minimum absolute atomic E-state index is 0.00580. The highest BCUT2D eigenvalue weighted by atomic mass is 16.6. The molecule has 92 valence electrons. The predicted molar refractivity (Wildman–Crippen MR) is 60.5 cm³/mol. The summed E-state index contributed by atoms with van der Waals surface area (Å²) in [5.74, 6) is 0.0296. The zero-order valence-electron chi connectivity index (χ0n) is 9.30. The third-order valence-electron chi connectivity index (χ3n) is 2.09. The van der Waals surface area contributed by atoms with Crippen molar-refractivity contribution in [2.24, 2.45) is 5.73 Å². The lowest BCUT2D eigenvalue weighted by Gasteiger charge is -2.08. The first kappa shape index (κ1) is 12.9. The molecule has 17 heavy (non-hydrogen) atoms. The van der Waals surface area contributed by atoms with Crippen molar-refractivity contribution >= 4 is 11.6 Å². The van der Waals surface area contributed by atoms with Gasteiger partial charge < -0.3 is 15.8 Å². The zero-order chi connectivity index (χ0) is 12.8. The summed E-state index contributed by atoms with van der Waals surface area (Å²) in [5.41, 5.74) is 5.54. The largest absolute Gasteiger partial charge is 0.496 e. The number of amides is 1. The van der Waals surface area contributed by atoms with Gasteiger partial charge in [-0.1, -0.05) is 0 Å². The molecule has 1 rings (SSSR count). The molecule has 0 saturated carbocycles. The Morgan fingerprint density at radius 3 is 2.82 bits per heavy atom. The fraction of sp³-hybridized carbons (Fsp3) is 0.300. The first-order chi connectivity index (χ1) is 8.04. The van der Waals surface area contributed by atoms with E-state index in [0.717, 1.165) is 0 Å². The number of primary amides is 1. The Kier molecular flexibility index (Phi) is 4.41. The predicted octanol–water partition coefficient (Wildman–Crippen LogP) is 0.178. The first-order valence-corrected chi connectivity index (χ1v) is 4.85.